The molecule has 2 aromatic rings. The van der Waals surface area contributed by atoms with Crippen LogP contribution in [0.2, 0.25) is 5.02 Å². The number of carbonyl (C=O) groups is 1. The molecular weight excluding hydrogens is 316 g/mol. The summed E-state index contributed by atoms with van der Waals surface area (Å²) < 4.78 is 7.50. The molecule has 0 spiro atoms. The number of ether oxygens (including phenoxy) is 1. The highest BCUT2D eigenvalue weighted by Crippen LogP contribution is 2.16. The van der Waals surface area contributed by atoms with Gasteiger partial charge in [-0.25, -0.2) is 4.98 Å². The van der Waals surface area contributed by atoms with E-state index in [4.69, 9.17) is 16.3 Å². The molecule has 0 aliphatic carbocycles. The maximum atomic E-state index is 12.2. The molecule has 0 atom stereocenters. The lowest BCUT2D eigenvalue weighted by atomic mass is 10.3. The summed E-state index contributed by atoms with van der Waals surface area (Å²) >= 11 is 5.82. The Morgan fingerprint density at radius 1 is 1.22 bits per heavy atom. The topological polar surface area (TPSA) is 50.6 Å². The molecule has 3 rings (SSSR count). The predicted molar refractivity (Wildman–Crippen MR) is 88.9 cm³/mol. The van der Waals surface area contributed by atoms with Gasteiger partial charge in [0.15, 0.2) is 6.61 Å². The lowest BCUT2D eigenvalue weighted by Gasteiger charge is -2.35. The van der Waals surface area contributed by atoms with Crippen molar-refractivity contribution < 1.29 is 9.53 Å². The van der Waals surface area contributed by atoms with Crippen LogP contribution in [0, 0.1) is 0 Å². The van der Waals surface area contributed by atoms with E-state index in [1.165, 1.54) is 0 Å². The Labute approximate surface area is 140 Å². The van der Waals surface area contributed by atoms with Crippen molar-refractivity contribution in [2.24, 2.45) is 7.05 Å². The molecule has 0 saturated carbocycles. The number of rotatable bonds is 4. The van der Waals surface area contributed by atoms with Gasteiger partial charge >= 0.3 is 0 Å². The van der Waals surface area contributed by atoms with Crippen molar-refractivity contribution >= 4 is 23.5 Å². The number of aryl methyl sites for hydroxylation is 1. The van der Waals surface area contributed by atoms with Gasteiger partial charge in [0.25, 0.3) is 5.91 Å². The third-order valence-corrected chi connectivity index (χ3v) is 4.14. The van der Waals surface area contributed by atoms with Crippen LogP contribution in [0.5, 0.6) is 5.75 Å². The van der Waals surface area contributed by atoms with Crippen LogP contribution in [0.4, 0.5) is 5.95 Å². The van der Waals surface area contributed by atoms with Crippen molar-refractivity contribution in [3.63, 3.8) is 0 Å². The molecule has 122 valence electrons. The number of piperazine rings is 1. The minimum Gasteiger partial charge on any atom is -0.484 e. The maximum Gasteiger partial charge on any atom is 0.260 e. The Kier molecular flexibility index (Phi) is 4.71. The van der Waals surface area contributed by atoms with Crippen LogP contribution in [-0.2, 0) is 11.8 Å². The van der Waals surface area contributed by atoms with Gasteiger partial charge in [-0.2, -0.15) is 0 Å². The summed E-state index contributed by atoms with van der Waals surface area (Å²) in [5.41, 5.74) is 0. The molecule has 1 aliphatic heterocycles. The number of hydrogen-bond acceptors (Lipinski definition) is 4. The second-order valence-corrected chi connectivity index (χ2v) is 5.89. The van der Waals surface area contributed by atoms with Gasteiger partial charge in [0, 0.05) is 50.6 Å². The smallest absolute Gasteiger partial charge is 0.260 e. The number of halogens is 1. The molecule has 1 amide bonds. The van der Waals surface area contributed by atoms with Crippen LogP contribution in [0.3, 0.4) is 0 Å². The van der Waals surface area contributed by atoms with Crippen LogP contribution in [0.15, 0.2) is 36.7 Å². The highest BCUT2D eigenvalue weighted by atomic mass is 35.5. The summed E-state index contributed by atoms with van der Waals surface area (Å²) in [5.74, 6) is 1.59. The van der Waals surface area contributed by atoms with E-state index in [2.05, 4.69) is 9.88 Å². The predicted octanol–water partition coefficient (Wildman–Crippen LogP) is 1.80. The number of nitrogens with zero attached hydrogens (tertiary/aromatic N) is 4. The van der Waals surface area contributed by atoms with Crippen LogP contribution in [0.1, 0.15) is 0 Å². The first-order valence-corrected chi connectivity index (χ1v) is 7.90. The number of imidazole rings is 1. The molecule has 0 unspecified atom stereocenters. The zero-order valence-corrected chi connectivity index (χ0v) is 13.7. The average molecular weight is 335 g/mol. The summed E-state index contributed by atoms with van der Waals surface area (Å²) in [6.45, 7) is 2.95. The quantitative estimate of drug-likeness (QED) is 0.855. The Balaban J connectivity index is 1.48. The van der Waals surface area contributed by atoms with Crippen LogP contribution in [0.25, 0.3) is 0 Å². The summed E-state index contributed by atoms with van der Waals surface area (Å²) in [7, 11) is 1.97. The van der Waals surface area contributed by atoms with Crippen molar-refractivity contribution in [2.75, 3.05) is 37.7 Å². The van der Waals surface area contributed by atoms with Crippen LogP contribution >= 0.6 is 11.6 Å². The lowest BCUT2D eigenvalue weighted by Crippen LogP contribution is -2.50. The average Bonchev–Trinajstić information content (AvgIpc) is 3.00. The standard InChI is InChI=1S/C16H19ClN4O2/c1-19-7-6-18-16(19)21-10-8-20(9-11-21)15(22)12-23-14-4-2-13(17)3-5-14/h2-7H,8-12H2,1H3. The summed E-state index contributed by atoms with van der Waals surface area (Å²) in [6, 6.07) is 7.00. The molecule has 6 nitrogen and oxygen atoms in total. The van der Waals surface area contributed by atoms with Gasteiger partial charge < -0.3 is 19.1 Å². The second kappa shape index (κ2) is 6.91. The molecule has 1 aliphatic rings. The molecule has 23 heavy (non-hydrogen) atoms. The van der Waals surface area contributed by atoms with E-state index in [9.17, 15) is 4.79 Å². The van der Waals surface area contributed by atoms with E-state index in [0.717, 1.165) is 19.0 Å². The van der Waals surface area contributed by atoms with Crippen LogP contribution < -0.4 is 9.64 Å². The first kappa shape index (κ1) is 15.7. The van der Waals surface area contributed by atoms with Gasteiger partial charge in [-0.3, -0.25) is 4.79 Å². The summed E-state index contributed by atoms with van der Waals surface area (Å²) in [6.07, 6.45) is 3.71. The third-order valence-electron chi connectivity index (χ3n) is 3.89. The minimum atomic E-state index is -0.000518. The highest BCUT2D eigenvalue weighted by molar-refractivity contribution is 6.30. The first-order chi connectivity index (χ1) is 11.1. The Hall–Kier alpha value is -2.21. The Morgan fingerprint density at radius 3 is 2.52 bits per heavy atom. The van der Waals surface area contributed by atoms with E-state index in [0.29, 0.717) is 23.9 Å². The van der Waals surface area contributed by atoms with E-state index in [1.54, 1.807) is 30.5 Å². The van der Waals surface area contributed by atoms with Crippen molar-refractivity contribution in [2.45, 2.75) is 0 Å². The van der Waals surface area contributed by atoms with E-state index < -0.39 is 0 Å². The number of benzene rings is 1. The molecule has 0 N–H and O–H groups in total. The lowest BCUT2D eigenvalue weighted by molar-refractivity contribution is -0.133. The molecule has 0 bridgehead atoms. The molecule has 7 heteroatoms. The maximum absolute atomic E-state index is 12.2. The second-order valence-electron chi connectivity index (χ2n) is 5.45. The van der Waals surface area contributed by atoms with Gasteiger partial charge in [0.2, 0.25) is 5.95 Å². The molecule has 1 saturated heterocycles. The Bertz CT molecular complexity index is 663. The fourth-order valence-corrected chi connectivity index (χ4v) is 2.71. The van der Waals surface area contributed by atoms with Gasteiger partial charge in [0.05, 0.1) is 0 Å². The van der Waals surface area contributed by atoms with E-state index in [-0.39, 0.29) is 12.5 Å². The van der Waals surface area contributed by atoms with Crippen molar-refractivity contribution in [1.82, 2.24) is 14.5 Å². The Morgan fingerprint density at radius 2 is 1.91 bits per heavy atom. The van der Waals surface area contributed by atoms with Crippen LogP contribution in [-0.4, -0.2) is 53.1 Å². The van der Waals surface area contributed by atoms with Gasteiger partial charge in [-0.15, -0.1) is 0 Å². The normalized spacial score (nSPS) is 14.9. The monoisotopic (exact) mass is 334 g/mol. The summed E-state index contributed by atoms with van der Waals surface area (Å²) in [4.78, 5) is 20.6. The highest BCUT2D eigenvalue weighted by Gasteiger charge is 2.23. The zero-order valence-electron chi connectivity index (χ0n) is 13.0. The summed E-state index contributed by atoms with van der Waals surface area (Å²) in [5, 5.41) is 0.647. The SMILES string of the molecule is Cn1ccnc1N1CCN(C(=O)COc2ccc(Cl)cc2)CC1. The third kappa shape index (κ3) is 3.76. The minimum absolute atomic E-state index is 0.000518. The van der Waals surface area contributed by atoms with Gasteiger partial charge in [0.1, 0.15) is 5.75 Å². The van der Waals surface area contributed by atoms with Crippen molar-refractivity contribution in [3.8, 4) is 5.75 Å². The van der Waals surface area contributed by atoms with Crippen molar-refractivity contribution in [3.05, 3.63) is 41.7 Å². The number of amides is 1. The molecule has 2 heterocycles. The number of carbonyl (C=O) groups excluding carboxylic acids is 1. The molecule has 1 fully saturated rings. The zero-order chi connectivity index (χ0) is 16.2. The number of aromatic nitrogens is 2. The van der Waals surface area contributed by atoms with Gasteiger partial charge in [-0.1, -0.05) is 11.6 Å². The molecular formula is C16H19ClN4O2. The first-order valence-electron chi connectivity index (χ1n) is 7.52. The number of anilines is 1. The molecule has 0 radical (unpaired) electrons. The fraction of sp³-hybridized carbons (Fsp3) is 0.375. The van der Waals surface area contributed by atoms with E-state index >= 15 is 0 Å². The van der Waals surface area contributed by atoms with E-state index in [1.807, 2.05) is 22.7 Å². The van der Waals surface area contributed by atoms with Gasteiger partial charge in [-0.05, 0) is 24.3 Å². The molecule has 1 aromatic heterocycles. The number of hydrogen-bond donors (Lipinski definition) is 0. The molecule has 1 aromatic carbocycles. The fourth-order valence-electron chi connectivity index (χ4n) is 2.59. The largest absolute Gasteiger partial charge is 0.484 e. The van der Waals surface area contributed by atoms with Crippen molar-refractivity contribution in [1.29, 1.82) is 0 Å².